The Hall–Kier alpha value is -1.85. The van der Waals surface area contributed by atoms with Crippen molar-refractivity contribution in [2.75, 3.05) is 5.75 Å². The highest BCUT2D eigenvalue weighted by molar-refractivity contribution is 9.10. The van der Waals surface area contributed by atoms with Gasteiger partial charge in [0.1, 0.15) is 0 Å². The monoisotopic (exact) mass is 372 g/mol. The lowest BCUT2D eigenvalue weighted by Crippen LogP contribution is -1.76. The van der Waals surface area contributed by atoms with E-state index in [4.69, 9.17) is 4.42 Å². The molecule has 0 unspecified atom stereocenters. The van der Waals surface area contributed by atoms with E-state index in [1.807, 2.05) is 42.5 Å². The Labute approximate surface area is 141 Å². The summed E-state index contributed by atoms with van der Waals surface area (Å²) in [6.45, 7) is 0. The van der Waals surface area contributed by atoms with Crippen molar-refractivity contribution < 1.29 is 4.42 Å². The molecule has 3 nitrogen and oxygen atoms in total. The van der Waals surface area contributed by atoms with E-state index in [0.717, 1.165) is 15.8 Å². The summed E-state index contributed by atoms with van der Waals surface area (Å²) in [6, 6.07) is 18.0. The number of hydrogen-bond acceptors (Lipinski definition) is 4. The number of thioether (sulfide) groups is 1. The summed E-state index contributed by atoms with van der Waals surface area (Å²) in [4.78, 5) is 0. The average Bonchev–Trinajstić information content (AvgIpc) is 3.02. The summed E-state index contributed by atoms with van der Waals surface area (Å²) in [5.41, 5.74) is 2.10. The molecule has 0 aliphatic rings. The third kappa shape index (κ3) is 4.08. The molecule has 3 rings (SSSR count). The molecule has 1 aromatic heterocycles. The number of hydrogen-bond donors (Lipinski definition) is 0. The number of rotatable bonds is 5. The topological polar surface area (TPSA) is 38.9 Å². The van der Waals surface area contributed by atoms with Gasteiger partial charge in [-0.1, -0.05) is 70.2 Å². The van der Waals surface area contributed by atoms with E-state index in [-0.39, 0.29) is 0 Å². The molecule has 1 heterocycles. The first-order valence-corrected chi connectivity index (χ1v) is 8.53. The Morgan fingerprint density at radius 3 is 2.55 bits per heavy atom. The second-order valence-electron chi connectivity index (χ2n) is 4.50. The van der Waals surface area contributed by atoms with Crippen LogP contribution in [-0.2, 0) is 0 Å². The van der Waals surface area contributed by atoms with E-state index in [1.54, 1.807) is 0 Å². The molecule has 0 radical (unpaired) electrons. The van der Waals surface area contributed by atoms with Gasteiger partial charge in [-0.05, 0) is 29.8 Å². The molecule has 3 aromatic rings. The van der Waals surface area contributed by atoms with Crippen molar-refractivity contribution in [3.8, 4) is 11.5 Å². The highest BCUT2D eigenvalue weighted by atomic mass is 79.9. The van der Waals surface area contributed by atoms with Gasteiger partial charge in [-0.2, -0.15) is 0 Å². The first-order chi connectivity index (χ1) is 10.8. The molecule has 5 heteroatoms. The van der Waals surface area contributed by atoms with Gasteiger partial charge in [0.05, 0.1) is 0 Å². The Morgan fingerprint density at radius 1 is 1.00 bits per heavy atom. The summed E-state index contributed by atoms with van der Waals surface area (Å²) in [5, 5.41) is 8.72. The predicted octanol–water partition coefficient (Wildman–Crippen LogP) is 5.30. The number of benzene rings is 2. The fourth-order valence-electron chi connectivity index (χ4n) is 1.84. The molecule has 110 valence electrons. The fraction of sp³-hybridized carbons (Fsp3) is 0.0588. The molecule has 0 fully saturated rings. The lowest BCUT2D eigenvalue weighted by molar-refractivity contribution is 0.466. The Morgan fingerprint density at radius 2 is 1.77 bits per heavy atom. The zero-order valence-electron chi connectivity index (χ0n) is 11.6. The van der Waals surface area contributed by atoms with E-state index >= 15 is 0 Å². The largest absolute Gasteiger partial charge is 0.411 e. The zero-order valence-corrected chi connectivity index (χ0v) is 14.0. The number of nitrogens with zero attached hydrogens (tertiary/aromatic N) is 2. The van der Waals surface area contributed by atoms with Crippen molar-refractivity contribution in [2.24, 2.45) is 0 Å². The second-order valence-corrected chi connectivity index (χ2v) is 6.39. The molecule has 22 heavy (non-hydrogen) atoms. The van der Waals surface area contributed by atoms with Crippen LogP contribution in [0.25, 0.3) is 17.5 Å². The predicted molar refractivity (Wildman–Crippen MR) is 93.6 cm³/mol. The van der Waals surface area contributed by atoms with Gasteiger partial charge < -0.3 is 4.42 Å². The van der Waals surface area contributed by atoms with Gasteiger partial charge in [0, 0.05) is 15.8 Å². The molecule has 0 aliphatic heterocycles. The van der Waals surface area contributed by atoms with Crippen molar-refractivity contribution in [1.82, 2.24) is 10.2 Å². The third-order valence-corrected chi connectivity index (χ3v) is 4.21. The molecule has 0 aliphatic carbocycles. The summed E-state index contributed by atoms with van der Waals surface area (Å²) < 4.78 is 6.68. The lowest BCUT2D eigenvalue weighted by atomic mass is 10.2. The standard InChI is InChI=1S/C17H13BrN2OS/c18-15-10-8-14(9-11-15)16-19-20-17(21-16)22-12-4-7-13-5-2-1-3-6-13/h1-11H,12H2. The van der Waals surface area contributed by atoms with Crippen LogP contribution < -0.4 is 0 Å². The van der Waals surface area contributed by atoms with Gasteiger partial charge in [-0.3, -0.25) is 0 Å². The van der Waals surface area contributed by atoms with Gasteiger partial charge in [-0.25, -0.2) is 0 Å². The van der Waals surface area contributed by atoms with E-state index in [2.05, 4.69) is 50.4 Å². The summed E-state index contributed by atoms with van der Waals surface area (Å²) >= 11 is 4.93. The molecule has 0 saturated carbocycles. The van der Waals surface area contributed by atoms with Gasteiger partial charge in [-0.15, -0.1) is 10.2 Å². The first-order valence-electron chi connectivity index (χ1n) is 6.75. The van der Waals surface area contributed by atoms with Gasteiger partial charge >= 0.3 is 0 Å². The van der Waals surface area contributed by atoms with Crippen molar-refractivity contribution >= 4 is 33.8 Å². The maximum atomic E-state index is 5.65. The maximum absolute atomic E-state index is 5.65. The quantitative estimate of drug-likeness (QED) is 0.569. The van der Waals surface area contributed by atoms with E-state index < -0.39 is 0 Å². The van der Waals surface area contributed by atoms with Crippen molar-refractivity contribution in [2.45, 2.75) is 5.22 Å². The second kappa shape index (κ2) is 7.42. The molecule has 0 saturated heterocycles. The average molecular weight is 373 g/mol. The van der Waals surface area contributed by atoms with Gasteiger partial charge in [0.25, 0.3) is 5.22 Å². The van der Waals surface area contributed by atoms with Crippen LogP contribution in [0.5, 0.6) is 0 Å². The molecule has 0 atom stereocenters. The Balaban J connectivity index is 1.58. The zero-order chi connectivity index (χ0) is 15.2. The Kier molecular flexibility index (Phi) is 5.08. The van der Waals surface area contributed by atoms with Crippen LogP contribution in [0, 0.1) is 0 Å². The summed E-state index contributed by atoms with van der Waals surface area (Å²) in [6.07, 6.45) is 4.17. The molecular weight excluding hydrogens is 360 g/mol. The fourth-order valence-corrected chi connectivity index (χ4v) is 2.68. The third-order valence-electron chi connectivity index (χ3n) is 2.91. The van der Waals surface area contributed by atoms with E-state index in [1.165, 1.54) is 17.3 Å². The van der Waals surface area contributed by atoms with Crippen LogP contribution >= 0.6 is 27.7 Å². The van der Waals surface area contributed by atoms with Crippen LogP contribution in [0.3, 0.4) is 0 Å². The highest BCUT2D eigenvalue weighted by Gasteiger charge is 2.08. The minimum atomic E-state index is 0.544. The van der Waals surface area contributed by atoms with E-state index in [0.29, 0.717) is 11.1 Å². The maximum Gasteiger partial charge on any atom is 0.277 e. The minimum Gasteiger partial charge on any atom is -0.411 e. The molecule has 0 N–H and O–H groups in total. The molecule has 0 amide bonds. The SMILES string of the molecule is Brc1ccc(-c2nnc(SCC=Cc3ccccc3)o2)cc1. The van der Waals surface area contributed by atoms with Crippen LogP contribution in [0.2, 0.25) is 0 Å². The number of halogens is 1. The van der Waals surface area contributed by atoms with Gasteiger partial charge in [0.15, 0.2) is 0 Å². The van der Waals surface area contributed by atoms with Crippen LogP contribution in [0.15, 0.2) is 74.8 Å². The number of aromatic nitrogens is 2. The van der Waals surface area contributed by atoms with Crippen LogP contribution in [-0.4, -0.2) is 16.0 Å². The summed E-state index contributed by atoms with van der Waals surface area (Å²) in [5.74, 6) is 1.33. The minimum absolute atomic E-state index is 0.544. The van der Waals surface area contributed by atoms with Crippen molar-refractivity contribution in [1.29, 1.82) is 0 Å². The Bertz CT molecular complexity index is 754. The molecule has 0 bridgehead atoms. The summed E-state index contributed by atoms with van der Waals surface area (Å²) in [7, 11) is 0. The van der Waals surface area contributed by atoms with Crippen molar-refractivity contribution in [3.05, 3.63) is 70.7 Å². The normalized spacial score (nSPS) is 11.1. The first kappa shape index (κ1) is 15.1. The smallest absolute Gasteiger partial charge is 0.277 e. The van der Waals surface area contributed by atoms with E-state index in [9.17, 15) is 0 Å². The van der Waals surface area contributed by atoms with Gasteiger partial charge in [0.2, 0.25) is 5.89 Å². The lowest BCUT2D eigenvalue weighted by Gasteiger charge is -1.94. The van der Waals surface area contributed by atoms with Crippen LogP contribution in [0.1, 0.15) is 5.56 Å². The molecule has 2 aromatic carbocycles. The molecular formula is C17H13BrN2OS. The van der Waals surface area contributed by atoms with Crippen molar-refractivity contribution in [3.63, 3.8) is 0 Å². The van der Waals surface area contributed by atoms with Crippen LogP contribution in [0.4, 0.5) is 0 Å². The highest BCUT2D eigenvalue weighted by Crippen LogP contribution is 2.24. The molecule has 0 spiro atoms.